The van der Waals surface area contributed by atoms with Crippen molar-refractivity contribution in [2.75, 3.05) is 18.9 Å². The van der Waals surface area contributed by atoms with Gasteiger partial charge in [0.15, 0.2) is 5.62 Å². The average Bonchev–Trinajstić information content (AvgIpc) is 2.83. The number of carbonyl (C=O) groups excluding carboxylic acids is 3. The zero-order chi connectivity index (χ0) is 26.0. The molecule has 0 saturated heterocycles. The molecule has 0 heterocycles. The van der Waals surface area contributed by atoms with Gasteiger partial charge >= 0.3 is 6.18 Å². The molecule has 2 amide bonds. The van der Waals surface area contributed by atoms with Crippen LogP contribution in [0.1, 0.15) is 29.5 Å². The minimum atomic E-state index is -4.47. The van der Waals surface area contributed by atoms with Gasteiger partial charge in [0, 0.05) is 31.3 Å². The van der Waals surface area contributed by atoms with E-state index in [9.17, 15) is 27.6 Å². The summed E-state index contributed by atoms with van der Waals surface area (Å²) < 4.78 is 38.2. The van der Waals surface area contributed by atoms with Crippen LogP contribution >= 0.6 is 11.8 Å². The maximum atomic E-state index is 12.7. The van der Waals surface area contributed by atoms with Crippen LogP contribution in [0.5, 0.6) is 0 Å². The van der Waals surface area contributed by atoms with Crippen LogP contribution in [0, 0.1) is 0 Å². The summed E-state index contributed by atoms with van der Waals surface area (Å²) in [6, 6.07) is 10.8. The van der Waals surface area contributed by atoms with E-state index in [-0.39, 0.29) is 29.6 Å². The number of rotatable bonds is 10. The van der Waals surface area contributed by atoms with Crippen molar-refractivity contribution in [2.24, 2.45) is 16.7 Å². The number of nitrogens with one attached hydrogen (secondary N) is 1. The number of hydrogen-bond donors (Lipinski definition) is 3. The molecule has 0 aliphatic carbocycles. The van der Waals surface area contributed by atoms with Crippen LogP contribution in [0.25, 0.3) is 6.08 Å². The molecule has 8 nitrogen and oxygen atoms in total. The minimum Gasteiger partial charge on any atom is -0.382 e. The first kappa shape index (κ1) is 27.4. The van der Waals surface area contributed by atoms with Gasteiger partial charge in [0.05, 0.1) is 10.5 Å². The van der Waals surface area contributed by atoms with Gasteiger partial charge in [-0.1, -0.05) is 12.1 Å². The SMILES string of the molecule is CN(CCCC(=O)Nc1ccc(/C(N)=N/N)cc1)C(=O)/C(=C/c1ccc(C(F)(F)F)cc1)SC=O. The molecule has 0 aliphatic heterocycles. The predicted octanol–water partition coefficient (Wildman–Crippen LogP) is 3.43. The van der Waals surface area contributed by atoms with E-state index >= 15 is 0 Å². The number of nitrogens with zero attached hydrogens (tertiary/aromatic N) is 2. The average molecular weight is 508 g/mol. The number of halogens is 3. The number of alkyl halides is 3. The Labute approximate surface area is 204 Å². The Hall–Kier alpha value is -3.80. The van der Waals surface area contributed by atoms with E-state index in [1.807, 2.05) is 0 Å². The van der Waals surface area contributed by atoms with Crippen LogP contribution in [-0.2, 0) is 20.6 Å². The zero-order valence-corrected chi connectivity index (χ0v) is 19.5. The topological polar surface area (TPSA) is 131 Å². The fourth-order valence-electron chi connectivity index (χ4n) is 2.91. The number of likely N-dealkylation sites (N-methyl/N-ethyl adjacent to an activating group) is 1. The van der Waals surface area contributed by atoms with Crippen LogP contribution < -0.4 is 16.9 Å². The third-order valence-electron chi connectivity index (χ3n) is 4.77. The van der Waals surface area contributed by atoms with Crippen molar-refractivity contribution in [3.05, 3.63) is 70.1 Å². The van der Waals surface area contributed by atoms with Gasteiger partial charge in [-0.3, -0.25) is 14.4 Å². The molecule has 2 aromatic rings. The van der Waals surface area contributed by atoms with E-state index < -0.39 is 17.6 Å². The lowest BCUT2D eigenvalue weighted by atomic mass is 10.1. The molecule has 2 rings (SSSR count). The molecule has 5 N–H and O–H groups in total. The summed E-state index contributed by atoms with van der Waals surface area (Å²) in [6.07, 6.45) is -2.65. The van der Waals surface area contributed by atoms with E-state index in [1.165, 1.54) is 30.2 Å². The van der Waals surface area contributed by atoms with E-state index in [2.05, 4.69) is 10.4 Å². The summed E-state index contributed by atoms with van der Waals surface area (Å²) in [6.45, 7) is 0.221. The molecular formula is C23H24F3N5O3S. The molecule has 0 saturated carbocycles. The number of anilines is 1. The number of benzene rings is 2. The van der Waals surface area contributed by atoms with Gasteiger partial charge in [0.2, 0.25) is 5.91 Å². The van der Waals surface area contributed by atoms with Crippen LogP contribution in [0.2, 0.25) is 0 Å². The van der Waals surface area contributed by atoms with E-state index in [0.29, 0.717) is 40.6 Å². The van der Waals surface area contributed by atoms with Crippen molar-refractivity contribution in [2.45, 2.75) is 19.0 Å². The van der Waals surface area contributed by atoms with Gasteiger partial charge in [0.25, 0.3) is 5.91 Å². The van der Waals surface area contributed by atoms with Crippen molar-refractivity contribution in [3.63, 3.8) is 0 Å². The summed E-state index contributed by atoms with van der Waals surface area (Å²) in [5, 5.41) is 6.11. The lowest BCUT2D eigenvalue weighted by Gasteiger charge is -2.18. The summed E-state index contributed by atoms with van der Waals surface area (Å²) in [5.41, 5.74) is 6.76. The number of hydrazone groups is 1. The van der Waals surface area contributed by atoms with Gasteiger partial charge in [-0.25, -0.2) is 0 Å². The Morgan fingerprint density at radius 3 is 2.29 bits per heavy atom. The first-order valence-corrected chi connectivity index (χ1v) is 11.1. The number of amidine groups is 1. The Balaban J connectivity index is 1.92. The third-order valence-corrected chi connectivity index (χ3v) is 5.41. The van der Waals surface area contributed by atoms with Crippen molar-refractivity contribution in [1.29, 1.82) is 0 Å². The monoisotopic (exact) mass is 507 g/mol. The molecule has 35 heavy (non-hydrogen) atoms. The largest absolute Gasteiger partial charge is 0.416 e. The van der Waals surface area contributed by atoms with Gasteiger partial charge in [-0.05, 0) is 66.2 Å². The second-order valence-corrected chi connectivity index (χ2v) is 8.18. The van der Waals surface area contributed by atoms with Crippen LogP contribution in [0.3, 0.4) is 0 Å². The summed E-state index contributed by atoms with van der Waals surface area (Å²) in [7, 11) is 1.51. The number of carbonyl (C=O) groups is 3. The van der Waals surface area contributed by atoms with Crippen molar-refractivity contribution >= 4 is 46.8 Å². The van der Waals surface area contributed by atoms with E-state index in [1.54, 1.807) is 24.3 Å². The Morgan fingerprint density at radius 2 is 1.74 bits per heavy atom. The van der Waals surface area contributed by atoms with Crippen molar-refractivity contribution < 1.29 is 27.6 Å². The highest BCUT2D eigenvalue weighted by Crippen LogP contribution is 2.30. The number of nitrogens with two attached hydrogens (primary N) is 2. The summed E-state index contributed by atoms with van der Waals surface area (Å²) >= 11 is 0.626. The van der Waals surface area contributed by atoms with Gasteiger partial charge < -0.3 is 21.8 Å². The number of amides is 2. The smallest absolute Gasteiger partial charge is 0.382 e. The standard InChI is InChI=1S/C23H24F3N5O3S/c1-31(12-2-3-20(33)29-18-10-6-16(7-11-18)21(27)30-28)22(34)19(35-14-32)13-15-4-8-17(9-5-15)23(24,25)26/h4-11,13-14H,2-3,12,28H2,1H3,(H2,27,30)(H,29,33)/b19-13-. The van der Waals surface area contributed by atoms with Crippen molar-refractivity contribution in [3.8, 4) is 0 Å². The van der Waals surface area contributed by atoms with Crippen molar-refractivity contribution in [1.82, 2.24) is 4.90 Å². The first-order valence-electron chi connectivity index (χ1n) is 10.2. The second kappa shape index (κ2) is 12.6. The third kappa shape index (κ3) is 8.49. The van der Waals surface area contributed by atoms with Gasteiger partial charge in [0.1, 0.15) is 5.84 Å². The molecular weight excluding hydrogens is 483 g/mol. The van der Waals surface area contributed by atoms with E-state index in [4.69, 9.17) is 11.6 Å². The molecule has 2 aromatic carbocycles. The lowest BCUT2D eigenvalue weighted by Crippen LogP contribution is -2.29. The molecule has 0 bridgehead atoms. The Morgan fingerprint density at radius 1 is 1.11 bits per heavy atom. The quantitative estimate of drug-likeness (QED) is 0.113. The van der Waals surface area contributed by atoms with Gasteiger partial charge in [-0.15, -0.1) is 0 Å². The molecule has 0 aliphatic rings. The normalized spacial score (nSPS) is 12.2. The zero-order valence-electron chi connectivity index (χ0n) is 18.7. The predicted molar refractivity (Wildman–Crippen MR) is 131 cm³/mol. The fraction of sp³-hybridized carbons (Fsp3) is 0.217. The number of thioether (sulfide) groups is 1. The Bertz CT molecular complexity index is 1100. The highest BCUT2D eigenvalue weighted by atomic mass is 32.2. The molecule has 0 spiro atoms. The summed E-state index contributed by atoms with van der Waals surface area (Å²) in [4.78, 5) is 37.3. The molecule has 0 fully saturated rings. The highest BCUT2D eigenvalue weighted by molar-refractivity contribution is 8.16. The van der Waals surface area contributed by atoms with Crippen LogP contribution in [-0.4, -0.2) is 41.8 Å². The lowest BCUT2D eigenvalue weighted by molar-refractivity contribution is -0.137. The molecule has 0 aromatic heterocycles. The first-order chi connectivity index (χ1) is 16.5. The molecule has 12 heteroatoms. The molecule has 0 radical (unpaired) electrons. The van der Waals surface area contributed by atoms with E-state index in [0.717, 1.165) is 12.1 Å². The van der Waals surface area contributed by atoms with Crippen LogP contribution in [0.4, 0.5) is 18.9 Å². The highest BCUT2D eigenvalue weighted by Gasteiger charge is 2.29. The fourth-order valence-corrected chi connectivity index (χ4v) is 3.47. The van der Waals surface area contributed by atoms with Gasteiger partial charge in [-0.2, -0.15) is 18.3 Å². The Kier molecular flexibility index (Phi) is 9.88. The second-order valence-electron chi connectivity index (χ2n) is 7.31. The van der Waals surface area contributed by atoms with Crippen LogP contribution in [0.15, 0.2) is 58.5 Å². The molecule has 0 atom stereocenters. The minimum absolute atomic E-state index is 0.0482. The maximum absolute atomic E-state index is 12.7. The maximum Gasteiger partial charge on any atom is 0.416 e. The summed E-state index contributed by atoms with van der Waals surface area (Å²) in [5.74, 6) is 4.53. The molecule has 0 unspecified atom stereocenters. The number of hydrogen-bond acceptors (Lipinski definition) is 6. The molecule has 186 valence electrons.